The van der Waals surface area contributed by atoms with E-state index in [0.29, 0.717) is 18.0 Å². The molecule has 0 radical (unpaired) electrons. The fourth-order valence-electron chi connectivity index (χ4n) is 3.66. The Labute approximate surface area is 160 Å². The Morgan fingerprint density at radius 2 is 1.78 bits per heavy atom. The van der Waals surface area contributed by atoms with E-state index >= 15 is 0 Å². The van der Waals surface area contributed by atoms with Gasteiger partial charge in [0.15, 0.2) is 23.1 Å². The molecule has 0 spiro atoms. The molecule has 0 aromatic heterocycles. The van der Waals surface area contributed by atoms with Crippen LogP contribution in [0.25, 0.3) is 0 Å². The summed E-state index contributed by atoms with van der Waals surface area (Å²) < 4.78 is 37.8. The molecule has 2 aromatic carbocycles. The maximum atomic E-state index is 13.7. The van der Waals surface area contributed by atoms with Crippen LogP contribution < -0.4 is 9.47 Å². The normalized spacial score (nSPS) is 16.0. The Morgan fingerprint density at radius 1 is 1.07 bits per heavy atom. The minimum Gasteiger partial charge on any atom is -0.454 e. The van der Waals surface area contributed by atoms with Gasteiger partial charge in [0.1, 0.15) is 0 Å². The maximum Gasteiger partial charge on any atom is 0.256 e. The van der Waals surface area contributed by atoms with Crippen molar-refractivity contribution in [3.05, 3.63) is 58.1 Å². The smallest absolute Gasteiger partial charge is 0.256 e. The summed E-state index contributed by atoms with van der Waals surface area (Å²) in [4.78, 5) is 14.8. The Bertz CT molecular complexity index is 884. The molecule has 7 heteroatoms. The van der Waals surface area contributed by atoms with E-state index in [4.69, 9.17) is 21.1 Å². The molecule has 1 saturated carbocycles. The average Bonchev–Trinajstić information content (AvgIpc) is 3.33. The Balaban J connectivity index is 1.65. The molecule has 27 heavy (non-hydrogen) atoms. The lowest BCUT2D eigenvalue weighted by molar-refractivity contribution is 0.0664. The summed E-state index contributed by atoms with van der Waals surface area (Å²) in [7, 11) is 0. The standard InChI is InChI=1S/C20H18ClF2NO3/c21-15-9-17(23)16(22)8-14(15)20(25)24(13-3-1-2-4-13)10-12-5-6-18-19(7-12)27-11-26-18/h5-9,13H,1-4,10-11H2. The highest BCUT2D eigenvalue weighted by Gasteiger charge is 2.30. The monoisotopic (exact) mass is 393 g/mol. The summed E-state index contributed by atoms with van der Waals surface area (Å²) in [5.74, 6) is -1.25. The van der Waals surface area contributed by atoms with Crippen LogP contribution in [0.2, 0.25) is 5.02 Å². The predicted molar refractivity (Wildman–Crippen MR) is 96.1 cm³/mol. The SMILES string of the molecule is O=C(c1cc(F)c(F)cc1Cl)N(Cc1ccc2c(c1)OCO2)C1CCCC1. The zero-order chi connectivity index (χ0) is 19.0. The molecular formula is C20H18ClF2NO3. The first kappa shape index (κ1) is 18.0. The molecule has 2 aromatic rings. The molecule has 0 saturated heterocycles. The van der Waals surface area contributed by atoms with Crippen LogP contribution in [-0.2, 0) is 6.54 Å². The second kappa shape index (κ2) is 7.35. The Hall–Kier alpha value is -2.34. The molecule has 4 rings (SSSR count). The third-order valence-electron chi connectivity index (χ3n) is 5.06. The molecule has 0 N–H and O–H groups in total. The highest BCUT2D eigenvalue weighted by molar-refractivity contribution is 6.33. The van der Waals surface area contributed by atoms with Gasteiger partial charge in [-0.2, -0.15) is 0 Å². The molecule has 142 valence electrons. The molecule has 0 bridgehead atoms. The van der Waals surface area contributed by atoms with Crippen LogP contribution in [0.1, 0.15) is 41.6 Å². The molecule has 1 heterocycles. The van der Waals surface area contributed by atoms with Gasteiger partial charge in [0.25, 0.3) is 5.91 Å². The van der Waals surface area contributed by atoms with Crippen molar-refractivity contribution in [3.63, 3.8) is 0 Å². The van der Waals surface area contributed by atoms with Crippen LogP contribution in [0.5, 0.6) is 11.5 Å². The van der Waals surface area contributed by atoms with E-state index in [1.807, 2.05) is 12.1 Å². The van der Waals surface area contributed by atoms with Gasteiger partial charge in [0.2, 0.25) is 6.79 Å². The number of fused-ring (bicyclic) bond motifs is 1. The molecule has 0 atom stereocenters. The molecule has 1 aliphatic carbocycles. The molecule has 1 aliphatic heterocycles. The number of rotatable bonds is 4. The minimum absolute atomic E-state index is 0.0248. The molecular weight excluding hydrogens is 376 g/mol. The summed E-state index contributed by atoms with van der Waals surface area (Å²) in [6, 6.07) is 7.27. The van der Waals surface area contributed by atoms with E-state index in [1.165, 1.54) is 0 Å². The number of hydrogen-bond donors (Lipinski definition) is 0. The molecule has 1 amide bonds. The van der Waals surface area contributed by atoms with E-state index in [2.05, 4.69) is 0 Å². The first-order valence-corrected chi connectivity index (χ1v) is 9.25. The van der Waals surface area contributed by atoms with E-state index in [-0.39, 0.29) is 23.4 Å². The number of hydrogen-bond acceptors (Lipinski definition) is 3. The number of benzene rings is 2. The molecule has 1 fully saturated rings. The predicted octanol–water partition coefficient (Wildman–Crippen LogP) is 4.93. The number of ether oxygens (including phenoxy) is 2. The summed E-state index contributed by atoms with van der Waals surface area (Å²) in [5, 5.41) is -0.0902. The fourth-order valence-corrected chi connectivity index (χ4v) is 3.89. The van der Waals surface area contributed by atoms with Gasteiger partial charge in [-0.15, -0.1) is 0 Å². The number of amides is 1. The van der Waals surface area contributed by atoms with Crippen LogP contribution in [0, 0.1) is 11.6 Å². The van der Waals surface area contributed by atoms with Crippen LogP contribution >= 0.6 is 11.6 Å². The van der Waals surface area contributed by atoms with Crippen molar-refractivity contribution in [1.29, 1.82) is 0 Å². The van der Waals surface area contributed by atoms with Crippen molar-refractivity contribution < 1.29 is 23.0 Å². The van der Waals surface area contributed by atoms with Crippen LogP contribution in [0.4, 0.5) is 8.78 Å². The van der Waals surface area contributed by atoms with Gasteiger partial charge < -0.3 is 14.4 Å². The van der Waals surface area contributed by atoms with Crippen LogP contribution in [-0.4, -0.2) is 23.6 Å². The van der Waals surface area contributed by atoms with Gasteiger partial charge in [-0.1, -0.05) is 30.5 Å². The van der Waals surface area contributed by atoms with Crippen molar-refractivity contribution in [2.75, 3.05) is 6.79 Å². The molecule has 0 unspecified atom stereocenters. The average molecular weight is 394 g/mol. The number of carbonyl (C=O) groups is 1. The molecule has 2 aliphatic rings. The third-order valence-corrected chi connectivity index (χ3v) is 5.37. The van der Waals surface area contributed by atoms with Crippen LogP contribution in [0.3, 0.4) is 0 Å². The zero-order valence-electron chi connectivity index (χ0n) is 14.5. The second-order valence-electron chi connectivity index (χ2n) is 6.81. The lowest BCUT2D eigenvalue weighted by Gasteiger charge is -2.29. The largest absolute Gasteiger partial charge is 0.454 e. The lowest BCUT2D eigenvalue weighted by Crippen LogP contribution is -2.38. The van der Waals surface area contributed by atoms with Crippen molar-refractivity contribution in [2.45, 2.75) is 38.3 Å². The summed E-state index contributed by atoms with van der Waals surface area (Å²) >= 11 is 6.04. The third kappa shape index (κ3) is 3.58. The van der Waals surface area contributed by atoms with Gasteiger partial charge in [-0.3, -0.25) is 4.79 Å². The summed E-state index contributed by atoms with van der Waals surface area (Å²) in [5.41, 5.74) is 0.849. The number of nitrogens with zero attached hydrogens (tertiary/aromatic N) is 1. The van der Waals surface area contributed by atoms with Crippen LogP contribution in [0.15, 0.2) is 30.3 Å². The number of halogens is 3. The van der Waals surface area contributed by atoms with Crippen molar-refractivity contribution in [1.82, 2.24) is 4.90 Å². The van der Waals surface area contributed by atoms with Crippen molar-refractivity contribution in [3.8, 4) is 11.5 Å². The fraction of sp³-hybridized carbons (Fsp3) is 0.350. The second-order valence-corrected chi connectivity index (χ2v) is 7.21. The molecule has 4 nitrogen and oxygen atoms in total. The van der Waals surface area contributed by atoms with Gasteiger partial charge in [0.05, 0.1) is 10.6 Å². The lowest BCUT2D eigenvalue weighted by atomic mass is 10.1. The van der Waals surface area contributed by atoms with E-state index in [9.17, 15) is 13.6 Å². The topological polar surface area (TPSA) is 38.8 Å². The number of carbonyl (C=O) groups excluding carboxylic acids is 1. The summed E-state index contributed by atoms with van der Waals surface area (Å²) in [6.45, 7) is 0.504. The van der Waals surface area contributed by atoms with Gasteiger partial charge in [0, 0.05) is 12.6 Å². The van der Waals surface area contributed by atoms with E-state index in [0.717, 1.165) is 43.4 Å². The Kier molecular flexibility index (Phi) is 4.91. The van der Waals surface area contributed by atoms with Gasteiger partial charge in [-0.05, 0) is 42.7 Å². The quantitative estimate of drug-likeness (QED) is 0.691. The zero-order valence-corrected chi connectivity index (χ0v) is 15.3. The van der Waals surface area contributed by atoms with Crippen molar-refractivity contribution >= 4 is 17.5 Å². The maximum absolute atomic E-state index is 13.7. The van der Waals surface area contributed by atoms with Gasteiger partial charge in [-0.25, -0.2) is 8.78 Å². The minimum atomic E-state index is -1.09. The first-order valence-electron chi connectivity index (χ1n) is 8.87. The van der Waals surface area contributed by atoms with E-state index < -0.39 is 17.5 Å². The highest BCUT2D eigenvalue weighted by Crippen LogP contribution is 2.34. The first-order chi connectivity index (χ1) is 13.0. The Morgan fingerprint density at radius 3 is 2.56 bits per heavy atom. The van der Waals surface area contributed by atoms with Crippen molar-refractivity contribution in [2.24, 2.45) is 0 Å². The van der Waals surface area contributed by atoms with Gasteiger partial charge >= 0.3 is 0 Å². The highest BCUT2D eigenvalue weighted by atomic mass is 35.5. The summed E-state index contributed by atoms with van der Waals surface area (Å²) in [6.07, 6.45) is 3.80. The van der Waals surface area contributed by atoms with E-state index in [1.54, 1.807) is 11.0 Å².